The quantitative estimate of drug-likeness (QED) is 0.761. The van der Waals surface area contributed by atoms with E-state index in [4.69, 9.17) is 4.74 Å². The summed E-state index contributed by atoms with van der Waals surface area (Å²) in [7, 11) is 0. The van der Waals surface area contributed by atoms with Gasteiger partial charge in [-0.2, -0.15) is 0 Å². The molecule has 2 aromatic carbocycles. The third-order valence-corrected chi connectivity index (χ3v) is 4.07. The molecule has 2 aromatic rings. The lowest BCUT2D eigenvalue weighted by Crippen LogP contribution is -2.20. The number of hydrogen-bond acceptors (Lipinski definition) is 2. The first-order valence-electron chi connectivity index (χ1n) is 6.30. The van der Waals surface area contributed by atoms with Crippen LogP contribution in [0.25, 0.3) is 0 Å². The fourth-order valence-corrected chi connectivity index (χ4v) is 3.11. The van der Waals surface area contributed by atoms with Gasteiger partial charge in [0.15, 0.2) is 5.78 Å². The summed E-state index contributed by atoms with van der Waals surface area (Å²) in [5, 5.41) is 0. The number of Topliss-reactive ketones (excluding diaryl/α,β-unsaturated/α-hetero) is 1. The average Bonchev–Trinajstić information content (AvgIpc) is 2.37. The van der Waals surface area contributed by atoms with Gasteiger partial charge in [-0.3, -0.25) is 4.79 Å². The molecule has 0 N–H and O–H groups in total. The Morgan fingerprint density at radius 3 is 2.80 bits per heavy atom. The molecule has 0 saturated carbocycles. The monoisotopic (exact) mass is 334 g/mol. The molecule has 0 bridgehead atoms. The summed E-state index contributed by atoms with van der Waals surface area (Å²) in [5.41, 5.74) is 2.47. The van der Waals surface area contributed by atoms with E-state index in [-0.39, 0.29) is 18.3 Å². The first kappa shape index (κ1) is 13.3. The smallest absolute Gasteiger partial charge is 0.170 e. The van der Waals surface area contributed by atoms with Gasteiger partial charge in [-0.15, -0.1) is 0 Å². The lowest BCUT2D eigenvalue weighted by Gasteiger charge is -2.26. The van der Waals surface area contributed by atoms with Gasteiger partial charge in [-0.1, -0.05) is 28.1 Å². The van der Waals surface area contributed by atoms with Crippen LogP contribution in [0.3, 0.4) is 0 Å². The fourth-order valence-electron chi connectivity index (χ4n) is 2.36. The molecule has 1 aliphatic rings. The Morgan fingerprint density at radius 1 is 1.25 bits per heavy atom. The Morgan fingerprint density at radius 2 is 2.05 bits per heavy atom. The molecule has 0 saturated heterocycles. The Hall–Kier alpha value is -1.68. The van der Waals surface area contributed by atoms with Crippen LogP contribution in [-0.4, -0.2) is 5.78 Å². The van der Waals surface area contributed by atoms with Crippen LogP contribution in [0, 0.1) is 12.7 Å². The standard InChI is InChI=1S/C16H12BrFO2/c1-9-2-4-11(13(17)6-9)16-8-14(19)12-5-3-10(18)7-15(12)20-16/h2-7,16H,8H2,1H3. The molecule has 1 aliphatic heterocycles. The van der Waals surface area contributed by atoms with E-state index in [0.717, 1.165) is 15.6 Å². The van der Waals surface area contributed by atoms with E-state index in [0.29, 0.717) is 11.3 Å². The van der Waals surface area contributed by atoms with Gasteiger partial charge in [-0.25, -0.2) is 4.39 Å². The van der Waals surface area contributed by atoms with Crippen molar-refractivity contribution in [1.29, 1.82) is 0 Å². The second-order valence-electron chi connectivity index (χ2n) is 4.90. The molecule has 0 spiro atoms. The van der Waals surface area contributed by atoms with Crippen molar-refractivity contribution in [3.63, 3.8) is 0 Å². The molecule has 4 heteroatoms. The molecule has 3 rings (SSSR count). The largest absolute Gasteiger partial charge is 0.484 e. The maximum atomic E-state index is 13.3. The van der Waals surface area contributed by atoms with Crippen molar-refractivity contribution in [3.05, 3.63) is 63.4 Å². The molecule has 0 fully saturated rings. The molecule has 2 nitrogen and oxygen atoms in total. The summed E-state index contributed by atoms with van der Waals surface area (Å²) >= 11 is 3.49. The molecule has 0 aliphatic carbocycles. The number of aryl methyl sites for hydroxylation is 1. The van der Waals surface area contributed by atoms with E-state index in [1.165, 1.54) is 18.2 Å². The molecule has 1 heterocycles. The highest BCUT2D eigenvalue weighted by Crippen LogP contribution is 2.37. The van der Waals surface area contributed by atoms with Crippen molar-refractivity contribution in [2.75, 3.05) is 0 Å². The van der Waals surface area contributed by atoms with Gasteiger partial charge in [0.25, 0.3) is 0 Å². The van der Waals surface area contributed by atoms with Crippen LogP contribution in [0.5, 0.6) is 5.75 Å². The maximum Gasteiger partial charge on any atom is 0.170 e. The molecule has 1 atom stereocenters. The summed E-state index contributed by atoms with van der Waals surface area (Å²) in [4.78, 5) is 12.1. The van der Waals surface area contributed by atoms with E-state index in [1.807, 2.05) is 25.1 Å². The van der Waals surface area contributed by atoms with E-state index in [2.05, 4.69) is 15.9 Å². The zero-order valence-corrected chi connectivity index (χ0v) is 12.4. The van der Waals surface area contributed by atoms with Gasteiger partial charge >= 0.3 is 0 Å². The van der Waals surface area contributed by atoms with E-state index in [9.17, 15) is 9.18 Å². The average molecular weight is 335 g/mol. The third-order valence-electron chi connectivity index (χ3n) is 3.39. The van der Waals surface area contributed by atoms with Crippen LogP contribution in [0.2, 0.25) is 0 Å². The van der Waals surface area contributed by atoms with Crippen molar-refractivity contribution in [1.82, 2.24) is 0 Å². The highest BCUT2D eigenvalue weighted by molar-refractivity contribution is 9.10. The van der Waals surface area contributed by atoms with E-state index in [1.54, 1.807) is 0 Å². The Bertz CT molecular complexity index is 697. The van der Waals surface area contributed by atoms with Gasteiger partial charge in [0.05, 0.1) is 12.0 Å². The normalized spacial score (nSPS) is 17.6. The number of ketones is 1. The predicted molar refractivity (Wildman–Crippen MR) is 77.6 cm³/mol. The van der Waals surface area contributed by atoms with Gasteiger partial charge in [-0.05, 0) is 30.7 Å². The Balaban J connectivity index is 2.00. The van der Waals surface area contributed by atoms with Crippen molar-refractivity contribution in [2.45, 2.75) is 19.4 Å². The van der Waals surface area contributed by atoms with Crippen LogP contribution in [0.1, 0.15) is 34.0 Å². The highest BCUT2D eigenvalue weighted by atomic mass is 79.9. The number of fused-ring (bicyclic) bond motifs is 1. The molecule has 102 valence electrons. The van der Waals surface area contributed by atoms with Gasteiger partial charge in [0.1, 0.15) is 17.7 Å². The maximum absolute atomic E-state index is 13.3. The SMILES string of the molecule is Cc1ccc(C2CC(=O)c3ccc(F)cc3O2)c(Br)c1. The summed E-state index contributed by atoms with van der Waals surface area (Å²) in [5.74, 6) is -0.109. The first-order chi connectivity index (χ1) is 9.54. The zero-order valence-electron chi connectivity index (χ0n) is 10.8. The van der Waals surface area contributed by atoms with Crippen LogP contribution < -0.4 is 4.74 Å². The number of halogens is 2. The van der Waals surface area contributed by atoms with Crippen LogP contribution >= 0.6 is 15.9 Å². The predicted octanol–water partition coefficient (Wildman–Crippen LogP) is 4.60. The molecule has 0 amide bonds. The molecule has 0 radical (unpaired) electrons. The van der Waals surface area contributed by atoms with Gasteiger partial charge < -0.3 is 4.74 Å². The van der Waals surface area contributed by atoms with Gasteiger partial charge in [0, 0.05) is 16.1 Å². The summed E-state index contributed by atoms with van der Waals surface area (Å²) in [6.07, 6.45) is -0.118. The van der Waals surface area contributed by atoms with Gasteiger partial charge in [0.2, 0.25) is 0 Å². The third kappa shape index (κ3) is 2.36. The number of rotatable bonds is 1. The molecular formula is C16H12BrFO2. The van der Waals surface area contributed by atoms with E-state index >= 15 is 0 Å². The van der Waals surface area contributed by atoms with Crippen LogP contribution in [0.15, 0.2) is 40.9 Å². The Kier molecular flexibility index (Phi) is 3.34. The lowest BCUT2D eigenvalue weighted by atomic mass is 9.96. The van der Waals surface area contributed by atoms with E-state index < -0.39 is 5.82 Å². The highest BCUT2D eigenvalue weighted by Gasteiger charge is 2.29. The second kappa shape index (κ2) is 5.02. The number of ether oxygens (including phenoxy) is 1. The molecule has 0 aromatic heterocycles. The number of carbonyl (C=O) groups excluding carboxylic acids is 1. The minimum atomic E-state index is -0.403. The Labute approximate surface area is 124 Å². The summed E-state index contributed by atoms with van der Waals surface area (Å²) in [6, 6.07) is 9.90. The lowest BCUT2D eigenvalue weighted by molar-refractivity contribution is 0.0848. The van der Waals surface area contributed by atoms with Crippen molar-refractivity contribution < 1.29 is 13.9 Å². The zero-order chi connectivity index (χ0) is 14.3. The topological polar surface area (TPSA) is 26.3 Å². The molecule has 1 unspecified atom stereocenters. The van der Waals surface area contributed by atoms with Crippen molar-refractivity contribution in [2.24, 2.45) is 0 Å². The number of benzene rings is 2. The van der Waals surface area contributed by atoms with Crippen LogP contribution in [-0.2, 0) is 0 Å². The second-order valence-corrected chi connectivity index (χ2v) is 5.75. The fraction of sp³-hybridized carbons (Fsp3) is 0.188. The van der Waals surface area contributed by atoms with Crippen molar-refractivity contribution in [3.8, 4) is 5.75 Å². The number of carbonyl (C=O) groups is 1. The summed E-state index contributed by atoms with van der Waals surface area (Å²) < 4.78 is 20.0. The van der Waals surface area contributed by atoms with Crippen LogP contribution in [0.4, 0.5) is 4.39 Å². The number of hydrogen-bond donors (Lipinski definition) is 0. The summed E-state index contributed by atoms with van der Waals surface area (Å²) in [6.45, 7) is 1.99. The first-order valence-corrected chi connectivity index (χ1v) is 7.09. The minimum Gasteiger partial charge on any atom is -0.484 e. The molecule has 20 heavy (non-hydrogen) atoms. The van der Waals surface area contributed by atoms with Crippen molar-refractivity contribution >= 4 is 21.7 Å². The minimum absolute atomic E-state index is 0.0243. The molecular weight excluding hydrogens is 323 g/mol.